The van der Waals surface area contributed by atoms with Crippen LogP contribution in [0.3, 0.4) is 0 Å². The molecule has 0 aliphatic rings. The zero-order valence-corrected chi connectivity index (χ0v) is 20.0. The predicted octanol–water partition coefficient (Wildman–Crippen LogP) is 8.01. The van der Waals surface area contributed by atoms with E-state index in [0.717, 1.165) is 22.6 Å². The summed E-state index contributed by atoms with van der Waals surface area (Å²) in [5.41, 5.74) is -1.05. The molecule has 0 bridgehead atoms. The van der Waals surface area contributed by atoms with Crippen LogP contribution in [0.5, 0.6) is 11.5 Å². The summed E-state index contributed by atoms with van der Waals surface area (Å²) in [5.74, 6) is -11.5. The number of benzene rings is 3. The molecule has 0 fully saturated rings. The highest BCUT2D eigenvalue weighted by molar-refractivity contribution is 5.52. The summed E-state index contributed by atoms with van der Waals surface area (Å²) in [5, 5.41) is 9.66. The van der Waals surface area contributed by atoms with Gasteiger partial charge in [-0.2, -0.15) is 43.9 Å². The normalized spacial score (nSPS) is 13.7. The van der Waals surface area contributed by atoms with Gasteiger partial charge in [0.25, 0.3) is 0 Å². The van der Waals surface area contributed by atoms with E-state index in [2.05, 4.69) is 0 Å². The first-order valence-electron chi connectivity index (χ1n) is 11.2. The quantitative estimate of drug-likeness (QED) is 0.265. The van der Waals surface area contributed by atoms with E-state index in [0.29, 0.717) is 17.9 Å². The van der Waals surface area contributed by atoms with Crippen LogP contribution in [-0.2, 0) is 12.5 Å². The van der Waals surface area contributed by atoms with Gasteiger partial charge in [-0.15, -0.1) is 0 Å². The fraction of sp³-hybridized carbons (Fsp3) is 0.308. The Morgan fingerprint density at radius 2 is 1.38 bits per heavy atom. The minimum absolute atomic E-state index is 0.0145. The molecule has 1 unspecified atom stereocenters. The Morgan fingerprint density at radius 1 is 0.769 bits per heavy atom. The molecule has 39 heavy (non-hydrogen) atoms. The number of hydrogen-bond acceptors (Lipinski definition) is 3. The van der Waals surface area contributed by atoms with Gasteiger partial charge in [-0.1, -0.05) is 42.0 Å². The van der Waals surface area contributed by atoms with Crippen LogP contribution in [0.2, 0.25) is 0 Å². The standard InChI is InChI=1S/C26H21F10NO2/c1-16-8-10-20(11-9-16)39-21-7-3-6-19(13-21)37(15-22(38)24(29,30)31)14-17-4-2-5-18(12-17)23(27,28)25(32,33)26(34,35)36/h2-13,22,38H,14-15H2,1H3. The molecular weight excluding hydrogens is 548 g/mol. The van der Waals surface area contributed by atoms with E-state index >= 15 is 0 Å². The minimum atomic E-state index is -6.56. The lowest BCUT2D eigenvalue weighted by Gasteiger charge is -2.30. The number of nitrogens with zero attached hydrogens (tertiary/aromatic N) is 1. The van der Waals surface area contributed by atoms with E-state index in [1.807, 2.05) is 6.92 Å². The minimum Gasteiger partial charge on any atom is -0.457 e. The fourth-order valence-corrected chi connectivity index (χ4v) is 3.50. The molecule has 1 N–H and O–H groups in total. The van der Waals surface area contributed by atoms with Crippen molar-refractivity contribution in [1.82, 2.24) is 0 Å². The number of aliphatic hydroxyl groups is 1. The topological polar surface area (TPSA) is 32.7 Å². The van der Waals surface area contributed by atoms with Gasteiger partial charge in [0.2, 0.25) is 0 Å². The van der Waals surface area contributed by atoms with E-state index < -0.39 is 49.0 Å². The zero-order chi connectivity index (χ0) is 29.2. The van der Waals surface area contributed by atoms with Gasteiger partial charge in [-0.05, 0) is 42.8 Å². The summed E-state index contributed by atoms with van der Waals surface area (Å²) >= 11 is 0. The highest BCUT2D eigenvalue weighted by Gasteiger charge is 2.73. The summed E-state index contributed by atoms with van der Waals surface area (Å²) in [6, 6.07) is 14.8. The molecule has 0 aromatic heterocycles. The number of alkyl halides is 10. The van der Waals surface area contributed by atoms with Gasteiger partial charge in [-0.3, -0.25) is 0 Å². The van der Waals surface area contributed by atoms with Crippen molar-refractivity contribution in [3.8, 4) is 11.5 Å². The van der Waals surface area contributed by atoms with E-state index in [1.165, 1.54) is 24.3 Å². The number of rotatable bonds is 9. The Labute approximate surface area is 216 Å². The summed E-state index contributed by atoms with van der Waals surface area (Å²) < 4.78 is 139. The monoisotopic (exact) mass is 569 g/mol. The van der Waals surface area contributed by atoms with Crippen LogP contribution >= 0.6 is 0 Å². The van der Waals surface area contributed by atoms with Gasteiger partial charge in [0.1, 0.15) is 11.5 Å². The number of ether oxygens (including phenoxy) is 1. The molecule has 3 aromatic rings. The number of halogens is 10. The second-order valence-corrected chi connectivity index (χ2v) is 8.70. The van der Waals surface area contributed by atoms with Gasteiger partial charge in [-0.25, -0.2) is 0 Å². The Kier molecular flexibility index (Phi) is 8.44. The average molecular weight is 569 g/mol. The van der Waals surface area contributed by atoms with Crippen molar-refractivity contribution < 1.29 is 53.7 Å². The van der Waals surface area contributed by atoms with Gasteiger partial charge < -0.3 is 14.7 Å². The molecule has 0 spiro atoms. The van der Waals surface area contributed by atoms with Crippen molar-refractivity contribution in [2.45, 2.75) is 43.8 Å². The van der Waals surface area contributed by atoms with Crippen molar-refractivity contribution in [1.29, 1.82) is 0 Å². The van der Waals surface area contributed by atoms with E-state index in [-0.39, 0.29) is 17.0 Å². The van der Waals surface area contributed by atoms with Crippen LogP contribution in [0.15, 0.2) is 72.8 Å². The van der Waals surface area contributed by atoms with Crippen LogP contribution in [0.4, 0.5) is 49.6 Å². The molecule has 13 heteroatoms. The first-order valence-corrected chi connectivity index (χ1v) is 11.2. The van der Waals surface area contributed by atoms with Gasteiger partial charge >= 0.3 is 24.2 Å². The second kappa shape index (κ2) is 10.9. The zero-order valence-electron chi connectivity index (χ0n) is 20.0. The lowest BCUT2D eigenvalue weighted by atomic mass is 9.99. The van der Waals surface area contributed by atoms with Crippen molar-refractivity contribution in [3.63, 3.8) is 0 Å². The Bertz CT molecular complexity index is 1260. The van der Waals surface area contributed by atoms with Crippen molar-refractivity contribution in [2.75, 3.05) is 11.4 Å². The molecule has 0 aliphatic heterocycles. The summed E-state index contributed by atoms with van der Waals surface area (Å²) in [6.45, 7) is 0.0583. The Morgan fingerprint density at radius 3 is 1.97 bits per heavy atom. The fourth-order valence-electron chi connectivity index (χ4n) is 3.50. The maximum Gasteiger partial charge on any atom is 0.460 e. The third kappa shape index (κ3) is 6.94. The molecule has 0 aliphatic carbocycles. The highest BCUT2D eigenvalue weighted by atomic mass is 19.4. The maximum atomic E-state index is 14.2. The third-order valence-electron chi connectivity index (χ3n) is 5.62. The molecule has 0 heterocycles. The molecule has 3 rings (SSSR count). The highest BCUT2D eigenvalue weighted by Crippen LogP contribution is 2.51. The third-order valence-corrected chi connectivity index (χ3v) is 5.62. The first-order chi connectivity index (χ1) is 17.9. The number of aliphatic hydroxyl groups excluding tert-OH is 1. The van der Waals surface area contributed by atoms with Crippen LogP contribution < -0.4 is 9.64 Å². The van der Waals surface area contributed by atoms with Crippen LogP contribution in [0.25, 0.3) is 0 Å². The maximum absolute atomic E-state index is 14.2. The van der Waals surface area contributed by atoms with Gasteiger partial charge in [0.05, 0.1) is 6.54 Å². The van der Waals surface area contributed by atoms with Crippen LogP contribution in [0, 0.1) is 6.92 Å². The van der Waals surface area contributed by atoms with Gasteiger partial charge in [0.15, 0.2) is 6.10 Å². The predicted molar refractivity (Wildman–Crippen MR) is 122 cm³/mol. The first kappa shape index (κ1) is 30.1. The summed E-state index contributed by atoms with van der Waals surface area (Å²) in [4.78, 5) is 0.902. The number of aryl methyl sites for hydroxylation is 1. The molecule has 0 radical (unpaired) electrons. The molecule has 0 amide bonds. The Hall–Kier alpha value is -3.48. The number of hydrogen-bond donors (Lipinski definition) is 1. The van der Waals surface area contributed by atoms with Crippen molar-refractivity contribution in [2.24, 2.45) is 0 Å². The second-order valence-electron chi connectivity index (χ2n) is 8.70. The smallest absolute Gasteiger partial charge is 0.457 e. The lowest BCUT2D eigenvalue weighted by molar-refractivity contribution is -0.359. The molecule has 1 atom stereocenters. The van der Waals surface area contributed by atoms with E-state index in [4.69, 9.17) is 4.74 Å². The Balaban J connectivity index is 1.96. The summed E-state index contributed by atoms with van der Waals surface area (Å²) in [6.07, 6.45) is -14.5. The van der Waals surface area contributed by atoms with Crippen molar-refractivity contribution >= 4 is 5.69 Å². The van der Waals surface area contributed by atoms with Gasteiger partial charge in [0, 0.05) is 23.9 Å². The van der Waals surface area contributed by atoms with Crippen LogP contribution in [-0.4, -0.2) is 36.0 Å². The summed E-state index contributed by atoms with van der Waals surface area (Å²) in [7, 11) is 0. The molecule has 3 nitrogen and oxygen atoms in total. The molecule has 3 aromatic carbocycles. The lowest BCUT2D eigenvalue weighted by Crippen LogP contribution is -2.50. The SMILES string of the molecule is Cc1ccc(Oc2cccc(N(Cc3cccc(C(F)(F)C(F)(F)C(F)(F)F)c3)CC(O)C(F)(F)F)c2)cc1. The van der Waals surface area contributed by atoms with E-state index in [9.17, 15) is 49.0 Å². The molecule has 0 saturated heterocycles. The number of anilines is 1. The largest absolute Gasteiger partial charge is 0.460 e. The molecule has 212 valence electrons. The van der Waals surface area contributed by atoms with Crippen LogP contribution in [0.1, 0.15) is 16.7 Å². The molecular formula is C26H21F10NO2. The van der Waals surface area contributed by atoms with Crippen molar-refractivity contribution in [3.05, 3.63) is 89.5 Å². The molecule has 0 saturated carbocycles. The van der Waals surface area contributed by atoms with E-state index in [1.54, 1.807) is 24.3 Å². The average Bonchev–Trinajstić information content (AvgIpc) is 2.84.